The zero-order chi connectivity index (χ0) is 19.4. The lowest BCUT2D eigenvalue weighted by atomic mass is 10.2. The first kappa shape index (κ1) is 19.7. The fourth-order valence-corrected chi connectivity index (χ4v) is 3.98. The van der Waals surface area contributed by atoms with Crippen molar-refractivity contribution in [1.82, 2.24) is 0 Å². The van der Waals surface area contributed by atoms with Crippen molar-refractivity contribution in [2.45, 2.75) is 6.92 Å². The van der Waals surface area contributed by atoms with Crippen molar-refractivity contribution in [3.8, 4) is 11.5 Å². The van der Waals surface area contributed by atoms with Gasteiger partial charge in [0.15, 0.2) is 11.5 Å². The van der Waals surface area contributed by atoms with Gasteiger partial charge >= 0.3 is 0 Å². The molecule has 3 rings (SSSR count). The number of amides is 1. The van der Waals surface area contributed by atoms with Crippen LogP contribution in [0.5, 0.6) is 11.5 Å². The summed E-state index contributed by atoms with van der Waals surface area (Å²) < 4.78 is 38.3. The van der Waals surface area contributed by atoms with Gasteiger partial charge in [-0.15, -0.1) is 0 Å². The molecule has 7 nitrogen and oxygen atoms in total. The van der Waals surface area contributed by atoms with Gasteiger partial charge < -0.3 is 14.8 Å². The quantitative estimate of drug-likeness (QED) is 0.615. The van der Waals surface area contributed by atoms with E-state index in [1.807, 2.05) is 12.1 Å². The Kier molecular flexibility index (Phi) is 6.10. The third-order valence-corrected chi connectivity index (χ3v) is 6.39. The van der Waals surface area contributed by atoms with E-state index in [0.29, 0.717) is 36.1 Å². The third kappa shape index (κ3) is 4.83. The Morgan fingerprint density at radius 1 is 1.11 bits per heavy atom. The van der Waals surface area contributed by atoms with Crippen molar-refractivity contribution in [2.24, 2.45) is 0 Å². The van der Waals surface area contributed by atoms with Gasteiger partial charge in [-0.25, -0.2) is 8.42 Å². The number of nitrogens with one attached hydrogen (secondary N) is 1. The number of benzene rings is 2. The predicted octanol–water partition coefficient (Wildman–Crippen LogP) is 2.86. The first-order chi connectivity index (χ1) is 12.9. The molecule has 0 spiro atoms. The standard InChI is InChI=1S/C18H19IN2O5S/c1-2-27(23,24)21(12-18(22)20-14-5-3-13(19)4-6-14)15-7-8-16-17(11-15)26-10-9-25-16/h3-8,11H,2,9-10,12H2,1H3,(H,20,22). The summed E-state index contributed by atoms with van der Waals surface area (Å²) in [6.07, 6.45) is 0. The summed E-state index contributed by atoms with van der Waals surface area (Å²) >= 11 is 2.17. The summed E-state index contributed by atoms with van der Waals surface area (Å²) in [7, 11) is -3.66. The van der Waals surface area contributed by atoms with Crippen molar-refractivity contribution >= 4 is 49.9 Å². The molecule has 9 heteroatoms. The van der Waals surface area contributed by atoms with Gasteiger partial charge in [0, 0.05) is 15.3 Å². The van der Waals surface area contributed by atoms with Crippen LogP contribution in [0.25, 0.3) is 0 Å². The lowest BCUT2D eigenvalue weighted by Gasteiger charge is -2.25. The van der Waals surface area contributed by atoms with E-state index < -0.39 is 15.9 Å². The highest BCUT2D eigenvalue weighted by Crippen LogP contribution is 2.34. The molecule has 0 aliphatic carbocycles. The molecule has 144 valence electrons. The number of rotatable bonds is 6. The molecule has 1 aliphatic heterocycles. The third-order valence-electron chi connectivity index (χ3n) is 3.93. The molecule has 0 unspecified atom stereocenters. The maximum Gasteiger partial charge on any atom is 0.245 e. The Balaban J connectivity index is 1.83. The molecule has 2 aromatic rings. The molecule has 1 N–H and O–H groups in total. The Bertz CT molecular complexity index is 931. The van der Waals surface area contributed by atoms with E-state index in [9.17, 15) is 13.2 Å². The number of carbonyl (C=O) groups is 1. The molecule has 0 bridgehead atoms. The van der Waals surface area contributed by atoms with Crippen molar-refractivity contribution < 1.29 is 22.7 Å². The smallest absolute Gasteiger partial charge is 0.245 e. The highest BCUT2D eigenvalue weighted by molar-refractivity contribution is 14.1. The minimum atomic E-state index is -3.66. The average Bonchev–Trinajstić information content (AvgIpc) is 2.67. The van der Waals surface area contributed by atoms with Crippen LogP contribution in [0, 0.1) is 3.57 Å². The number of sulfonamides is 1. The molecular weight excluding hydrogens is 483 g/mol. The second kappa shape index (κ2) is 8.34. The van der Waals surface area contributed by atoms with Crippen LogP contribution in [0.1, 0.15) is 6.92 Å². The van der Waals surface area contributed by atoms with Crippen molar-refractivity contribution in [3.63, 3.8) is 0 Å². The normalized spacial score (nSPS) is 13.1. The van der Waals surface area contributed by atoms with E-state index >= 15 is 0 Å². The van der Waals surface area contributed by atoms with E-state index in [1.54, 1.807) is 30.3 Å². The Morgan fingerprint density at radius 3 is 2.44 bits per heavy atom. The number of hydrogen-bond acceptors (Lipinski definition) is 5. The SMILES string of the molecule is CCS(=O)(=O)N(CC(=O)Nc1ccc(I)cc1)c1ccc2c(c1)OCCO2. The summed E-state index contributed by atoms with van der Waals surface area (Å²) in [6, 6.07) is 12.1. The van der Waals surface area contributed by atoms with Crippen LogP contribution < -0.4 is 19.1 Å². The van der Waals surface area contributed by atoms with E-state index in [4.69, 9.17) is 9.47 Å². The minimum absolute atomic E-state index is 0.127. The summed E-state index contributed by atoms with van der Waals surface area (Å²) in [4.78, 5) is 12.5. The lowest BCUT2D eigenvalue weighted by Crippen LogP contribution is -2.39. The highest BCUT2D eigenvalue weighted by Gasteiger charge is 2.25. The van der Waals surface area contributed by atoms with Gasteiger partial charge in [-0.05, 0) is 65.9 Å². The van der Waals surface area contributed by atoms with Crippen LogP contribution in [-0.4, -0.2) is 39.8 Å². The Hall–Kier alpha value is -2.01. The molecule has 2 aromatic carbocycles. The highest BCUT2D eigenvalue weighted by atomic mass is 127. The Labute approximate surface area is 171 Å². The molecule has 0 atom stereocenters. The largest absolute Gasteiger partial charge is 0.486 e. The van der Waals surface area contributed by atoms with Crippen LogP contribution in [-0.2, 0) is 14.8 Å². The Morgan fingerprint density at radius 2 is 1.78 bits per heavy atom. The number of anilines is 2. The molecule has 27 heavy (non-hydrogen) atoms. The van der Waals surface area contributed by atoms with Crippen LogP contribution in [0.15, 0.2) is 42.5 Å². The summed E-state index contributed by atoms with van der Waals surface area (Å²) in [5, 5.41) is 2.72. The molecule has 0 fully saturated rings. The topological polar surface area (TPSA) is 84.9 Å². The van der Waals surface area contributed by atoms with Gasteiger partial charge in [-0.1, -0.05) is 0 Å². The lowest BCUT2D eigenvalue weighted by molar-refractivity contribution is -0.114. The second-order valence-electron chi connectivity index (χ2n) is 5.79. The summed E-state index contributed by atoms with van der Waals surface area (Å²) in [5.74, 6) is 0.469. The fraction of sp³-hybridized carbons (Fsp3) is 0.278. The number of carbonyl (C=O) groups excluding carboxylic acids is 1. The second-order valence-corrected chi connectivity index (χ2v) is 9.22. The van der Waals surface area contributed by atoms with Crippen LogP contribution in [0.2, 0.25) is 0 Å². The van der Waals surface area contributed by atoms with Crippen LogP contribution in [0.3, 0.4) is 0 Å². The zero-order valence-corrected chi connectivity index (χ0v) is 17.6. The molecule has 0 radical (unpaired) electrons. The molecule has 1 aliphatic rings. The van der Waals surface area contributed by atoms with Crippen molar-refractivity contribution in [2.75, 3.05) is 35.1 Å². The number of ether oxygens (including phenoxy) is 2. The van der Waals surface area contributed by atoms with E-state index in [2.05, 4.69) is 27.9 Å². The van der Waals surface area contributed by atoms with E-state index in [0.717, 1.165) is 7.88 Å². The maximum atomic E-state index is 12.6. The molecule has 1 amide bonds. The monoisotopic (exact) mass is 502 g/mol. The molecular formula is C18H19IN2O5S. The molecule has 0 saturated carbocycles. The molecule has 0 aromatic heterocycles. The zero-order valence-electron chi connectivity index (χ0n) is 14.6. The average molecular weight is 502 g/mol. The summed E-state index contributed by atoms with van der Waals surface area (Å²) in [6.45, 7) is 2.05. The van der Waals surface area contributed by atoms with Crippen LogP contribution >= 0.6 is 22.6 Å². The van der Waals surface area contributed by atoms with Gasteiger partial charge in [0.05, 0.1) is 11.4 Å². The fourth-order valence-electron chi connectivity index (χ4n) is 2.56. The summed E-state index contributed by atoms with van der Waals surface area (Å²) in [5.41, 5.74) is 0.968. The molecule has 1 heterocycles. The first-order valence-electron chi connectivity index (χ1n) is 8.34. The van der Waals surface area contributed by atoms with Crippen LogP contribution in [0.4, 0.5) is 11.4 Å². The van der Waals surface area contributed by atoms with Gasteiger partial charge in [-0.2, -0.15) is 0 Å². The molecule has 0 saturated heterocycles. The van der Waals surface area contributed by atoms with E-state index in [-0.39, 0.29) is 12.3 Å². The van der Waals surface area contributed by atoms with Gasteiger partial charge in [-0.3, -0.25) is 9.10 Å². The number of nitrogens with zero attached hydrogens (tertiary/aromatic N) is 1. The number of hydrogen-bond donors (Lipinski definition) is 1. The first-order valence-corrected chi connectivity index (χ1v) is 11.0. The van der Waals surface area contributed by atoms with Gasteiger partial charge in [0.25, 0.3) is 0 Å². The van der Waals surface area contributed by atoms with Gasteiger partial charge in [0.2, 0.25) is 15.9 Å². The number of fused-ring (bicyclic) bond motifs is 1. The van der Waals surface area contributed by atoms with Crippen molar-refractivity contribution in [1.29, 1.82) is 0 Å². The minimum Gasteiger partial charge on any atom is -0.486 e. The number of halogens is 1. The maximum absolute atomic E-state index is 12.6. The van der Waals surface area contributed by atoms with Crippen molar-refractivity contribution in [3.05, 3.63) is 46.0 Å². The predicted molar refractivity (Wildman–Crippen MR) is 112 cm³/mol. The van der Waals surface area contributed by atoms with Gasteiger partial charge in [0.1, 0.15) is 19.8 Å². The van der Waals surface area contributed by atoms with E-state index in [1.165, 1.54) is 6.92 Å².